The third-order valence-electron chi connectivity index (χ3n) is 2.82. The second-order valence-corrected chi connectivity index (χ2v) is 3.65. The molecule has 0 saturated heterocycles. The summed E-state index contributed by atoms with van der Waals surface area (Å²) in [7, 11) is 0. The second kappa shape index (κ2) is 2.77. The summed E-state index contributed by atoms with van der Waals surface area (Å²) < 4.78 is 0. The minimum absolute atomic E-state index is 0.923. The van der Waals surface area contributed by atoms with Crippen LogP contribution in [-0.2, 0) is 0 Å². The molecule has 0 aromatic rings. The van der Waals surface area contributed by atoms with Crippen molar-refractivity contribution in [1.29, 1.82) is 0 Å². The summed E-state index contributed by atoms with van der Waals surface area (Å²) in [4.78, 5) is 0. The van der Waals surface area contributed by atoms with E-state index in [0.717, 1.165) is 17.8 Å². The van der Waals surface area contributed by atoms with Crippen molar-refractivity contribution in [2.24, 2.45) is 22.9 Å². The van der Waals surface area contributed by atoms with E-state index in [1.807, 2.05) is 6.08 Å². The predicted molar refractivity (Wildman–Crippen MR) is 50.7 cm³/mol. The van der Waals surface area contributed by atoms with Gasteiger partial charge in [-0.1, -0.05) is 11.6 Å². The maximum Gasteiger partial charge on any atom is 0.0199 e. The number of hydrazone groups is 1. The lowest BCUT2D eigenvalue weighted by Crippen LogP contribution is -1.91. The summed E-state index contributed by atoms with van der Waals surface area (Å²) in [5, 5.41) is 3.50. The zero-order valence-corrected chi connectivity index (χ0v) is 7.33. The molecule has 0 bridgehead atoms. The highest BCUT2D eigenvalue weighted by atomic mass is 15.3. The minimum atomic E-state index is 0.923. The van der Waals surface area contributed by atoms with Crippen LogP contribution in [0.25, 0.3) is 0 Å². The van der Waals surface area contributed by atoms with E-state index in [4.69, 9.17) is 0 Å². The smallest absolute Gasteiger partial charge is 0.0199 e. The highest BCUT2D eigenvalue weighted by Gasteiger charge is 2.64. The van der Waals surface area contributed by atoms with Crippen LogP contribution < -0.4 is 5.43 Å². The molecule has 0 heterocycles. The molecule has 0 aliphatic heterocycles. The first-order chi connectivity index (χ1) is 5.84. The standard InChI is InChI=1S/C10H14N2/c1-7(4-3-5-12-11-2)10-8-6-9(8)10/h3-5,8-10,12H,2,6H2,1H3/b5-3-,7-4-. The first-order valence-corrected chi connectivity index (χ1v) is 4.39. The highest BCUT2D eigenvalue weighted by Crippen LogP contribution is 2.70. The fraction of sp³-hybridized carbons (Fsp3) is 0.500. The molecule has 2 nitrogen and oxygen atoms in total. The number of allylic oxidation sites excluding steroid dienone is 3. The van der Waals surface area contributed by atoms with E-state index in [9.17, 15) is 0 Å². The molecule has 0 amide bonds. The Labute approximate surface area is 73.0 Å². The Kier molecular flexibility index (Phi) is 1.75. The highest BCUT2D eigenvalue weighted by molar-refractivity contribution is 5.29. The van der Waals surface area contributed by atoms with Gasteiger partial charge in [-0.2, -0.15) is 5.10 Å². The van der Waals surface area contributed by atoms with Crippen LogP contribution in [0.2, 0.25) is 0 Å². The minimum Gasteiger partial charge on any atom is -0.286 e. The molecule has 2 saturated carbocycles. The lowest BCUT2D eigenvalue weighted by atomic mass is 10.1. The Balaban J connectivity index is 1.78. The molecule has 0 aromatic heterocycles. The van der Waals surface area contributed by atoms with Crippen LogP contribution in [0, 0.1) is 17.8 Å². The summed E-state index contributed by atoms with van der Waals surface area (Å²) in [6.45, 7) is 5.52. The first-order valence-electron chi connectivity index (χ1n) is 4.39. The topological polar surface area (TPSA) is 24.4 Å². The molecule has 2 aliphatic carbocycles. The van der Waals surface area contributed by atoms with Gasteiger partial charge >= 0.3 is 0 Å². The van der Waals surface area contributed by atoms with E-state index in [1.54, 1.807) is 6.20 Å². The predicted octanol–water partition coefficient (Wildman–Crippen LogP) is 1.92. The summed E-state index contributed by atoms with van der Waals surface area (Å²) in [6.07, 6.45) is 7.42. The van der Waals surface area contributed by atoms with E-state index in [-0.39, 0.29) is 0 Å². The van der Waals surface area contributed by atoms with Gasteiger partial charge in [-0.05, 0) is 37.2 Å². The molecular weight excluding hydrogens is 148 g/mol. The van der Waals surface area contributed by atoms with Gasteiger partial charge in [0.2, 0.25) is 0 Å². The van der Waals surface area contributed by atoms with Crippen molar-refractivity contribution in [3.8, 4) is 0 Å². The SMILES string of the molecule is C=NN/C=C\C=C(\C)C1C2CC21. The van der Waals surface area contributed by atoms with Gasteiger partial charge in [-0.25, -0.2) is 0 Å². The van der Waals surface area contributed by atoms with E-state index < -0.39 is 0 Å². The van der Waals surface area contributed by atoms with Crippen LogP contribution in [0.5, 0.6) is 0 Å². The van der Waals surface area contributed by atoms with Crippen molar-refractivity contribution in [1.82, 2.24) is 5.43 Å². The van der Waals surface area contributed by atoms with Crippen molar-refractivity contribution in [2.75, 3.05) is 0 Å². The fourth-order valence-electron chi connectivity index (χ4n) is 1.86. The number of rotatable bonds is 4. The van der Waals surface area contributed by atoms with Gasteiger partial charge in [0, 0.05) is 12.9 Å². The van der Waals surface area contributed by atoms with Crippen molar-refractivity contribution < 1.29 is 0 Å². The largest absolute Gasteiger partial charge is 0.286 e. The molecule has 64 valence electrons. The van der Waals surface area contributed by atoms with Gasteiger partial charge in [0.25, 0.3) is 0 Å². The van der Waals surface area contributed by atoms with E-state index in [0.29, 0.717) is 0 Å². The van der Waals surface area contributed by atoms with Crippen LogP contribution in [0.1, 0.15) is 13.3 Å². The number of hydrogen-bond acceptors (Lipinski definition) is 2. The summed E-state index contributed by atoms with van der Waals surface area (Å²) in [5.41, 5.74) is 4.19. The van der Waals surface area contributed by atoms with Gasteiger partial charge < -0.3 is 0 Å². The van der Waals surface area contributed by atoms with Gasteiger partial charge in [-0.3, -0.25) is 5.43 Å². The van der Waals surface area contributed by atoms with E-state index in [1.165, 1.54) is 12.0 Å². The molecule has 0 spiro atoms. The maximum atomic E-state index is 3.50. The lowest BCUT2D eigenvalue weighted by Gasteiger charge is -2.00. The third-order valence-corrected chi connectivity index (χ3v) is 2.82. The van der Waals surface area contributed by atoms with Crippen LogP contribution in [-0.4, -0.2) is 6.72 Å². The van der Waals surface area contributed by atoms with Crippen molar-refractivity contribution in [2.45, 2.75) is 13.3 Å². The number of hydrogen-bond donors (Lipinski definition) is 1. The number of fused-ring (bicyclic) bond motifs is 1. The lowest BCUT2D eigenvalue weighted by molar-refractivity contribution is 0.706. The normalized spacial score (nSPS) is 37.8. The van der Waals surface area contributed by atoms with Gasteiger partial charge in [0.05, 0.1) is 0 Å². The van der Waals surface area contributed by atoms with E-state index >= 15 is 0 Å². The van der Waals surface area contributed by atoms with Crippen LogP contribution in [0.15, 0.2) is 29.0 Å². The van der Waals surface area contributed by atoms with Gasteiger partial charge in [0.15, 0.2) is 0 Å². The Bertz CT molecular complexity index is 245. The molecule has 0 radical (unpaired) electrons. The Morgan fingerprint density at radius 2 is 2.33 bits per heavy atom. The summed E-state index contributed by atoms with van der Waals surface area (Å²) in [5.74, 6) is 3.03. The van der Waals surface area contributed by atoms with Gasteiger partial charge in [-0.15, -0.1) is 0 Å². The fourth-order valence-corrected chi connectivity index (χ4v) is 1.86. The third kappa shape index (κ3) is 1.29. The summed E-state index contributed by atoms with van der Waals surface area (Å²) >= 11 is 0. The van der Waals surface area contributed by atoms with Crippen LogP contribution in [0.3, 0.4) is 0 Å². The molecule has 2 fully saturated rings. The Morgan fingerprint density at radius 1 is 1.58 bits per heavy atom. The first kappa shape index (κ1) is 7.59. The quantitative estimate of drug-likeness (QED) is 0.381. The van der Waals surface area contributed by atoms with Crippen LogP contribution >= 0.6 is 0 Å². The molecule has 2 heteroatoms. The second-order valence-electron chi connectivity index (χ2n) is 3.65. The van der Waals surface area contributed by atoms with E-state index in [2.05, 4.69) is 30.2 Å². The van der Waals surface area contributed by atoms with Gasteiger partial charge in [0.1, 0.15) is 0 Å². The zero-order valence-electron chi connectivity index (χ0n) is 7.33. The van der Waals surface area contributed by atoms with Crippen molar-refractivity contribution in [3.05, 3.63) is 23.9 Å². The molecule has 2 aliphatic rings. The van der Waals surface area contributed by atoms with Crippen molar-refractivity contribution in [3.63, 3.8) is 0 Å². The van der Waals surface area contributed by atoms with Crippen LogP contribution in [0.4, 0.5) is 0 Å². The Hall–Kier alpha value is -1.05. The molecule has 2 atom stereocenters. The molecule has 1 N–H and O–H groups in total. The Morgan fingerprint density at radius 3 is 2.83 bits per heavy atom. The molecule has 0 aromatic carbocycles. The molecule has 2 rings (SSSR count). The number of nitrogens with zero attached hydrogens (tertiary/aromatic N) is 1. The molecule has 12 heavy (non-hydrogen) atoms. The monoisotopic (exact) mass is 162 g/mol. The molecule has 2 unspecified atom stereocenters. The molecular formula is C10H14N2. The average Bonchev–Trinajstić information content (AvgIpc) is 2.85. The van der Waals surface area contributed by atoms with Crippen molar-refractivity contribution >= 4 is 6.72 Å². The summed E-state index contributed by atoms with van der Waals surface area (Å²) in [6, 6.07) is 0. The number of nitrogens with one attached hydrogen (secondary N) is 1. The average molecular weight is 162 g/mol. The maximum absolute atomic E-state index is 3.50. The zero-order chi connectivity index (χ0) is 8.55.